The molecule has 1 aliphatic carbocycles. The van der Waals surface area contributed by atoms with E-state index in [2.05, 4.69) is 10.6 Å². The SMILES string of the molecule is Cl.NC[C@H]1CC[C@@H](C(=O)Nc2ccc(C(=O)NC3CC3)cc2)O1. The van der Waals surface area contributed by atoms with E-state index in [1.165, 1.54) is 0 Å². The average Bonchev–Trinajstić information content (AvgIpc) is 3.20. The molecule has 1 aromatic carbocycles. The van der Waals surface area contributed by atoms with Gasteiger partial charge in [-0.2, -0.15) is 0 Å². The normalized spacial score (nSPS) is 23.0. The Balaban J connectivity index is 0.00000192. The second-order valence-electron chi connectivity index (χ2n) is 5.87. The standard InChI is InChI=1S/C16H21N3O3.ClH/c17-9-13-7-8-14(22-13)16(21)19-11-3-1-10(2-4-11)15(20)18-12-5-6-12;/h1-4,12-14H,5-9,17H2,(H,18,20)(H,19,21);1H/t13-,14+;/m1./s1. The molecule has 3 rings (SSSR count). The number of rotatable bonds is 5. The quantitative estimate of drug-likeness (QED) is 0.756. The van der Waals surface area contributed by atoms with Gasteiger partial charge in [0.1, 0.15) is 6.10 Å². The third kappa shape index (κ3) is 4.67. The van der Waals surface area contributed by atoms with Crippen LogP contribution in [-0.4, -0.2) is 36.6 Å². The lowest BCUT2D eigenvalue weighted by molar-refractivity contribution is -0.126. The molecule has 23 heavy (non-hydrogen) atoms. The molecule has 0 spiro atoms. The first-order valence-electron chi connectivity index (χ1n) is 7.73. The van der Waals surface area contributed by atoms with Crippen molar-refractivity contribution in [3.63, 3.8) is 0 Å². The molecule has 7 heteroatoms. The number of hydrogen-bond acceptors (Lipinski definition) is 4. The summed E-state index contributed by atoms with van der Waals surface area (Å²) in [5.74, 6) is -0.226. The van der Waals surface area contributed by atoms with Crippen molar-refractivity contribution in [2.45, 2.75) is 43.9 Å². The topological polar surface area (TPSA) is 93.5 Å². The Morgan fingerprint density at radius 1 is 1.13 bits per heavy atom. The van der Waals surface area contributed by atoms with Gasteiger partial charge in [0.05, 0.1) is 6.10 Å². The number of carbonyl (C=O) groups is 2. The molecule has 1 aliphatic heterocycles. The van der Waals surface area contributed by atoms with E-state index in [1.54, 1.807) is 24.3 Å². The van der Waals surface area contributed by atoms with Gasteiger partial charge in [-0.05, 0) is 49.9 Å². The third-order valence-electron chi connectivity index (χ3n) is 3.99. The van der Waals surface area contributed by atoms with Crippen molar-refractivity contribution in [3.8, 4) is 0 Å². The van der Waals surface area contributed by atoms with E-state index in [-0.39, 0.29) is 30.3 Å². The molecule has 2 fully saturated rings. The molecule has 1 saturated carbocycles. The van der Waals surface area contributed by atoms with Crippen molar-refractivity contribution in [3.05, 3.63) is 29.8 Å². The van der Waals surface area contributed by atoms with Gasteiger partial charge in [-0.3, -0.25) is 9.59 Å². The number of ether oxygens (including phenoxy) is 1. The van der Waals surface area contributed by atoms with Crippen molar-refractivity contribution >= 4 is 29.9 Å². The van der Waals surface area contributed by atoms with Crippen LogP contribution in [0.2, 0.25) is 0 Å². The minimum absolute atomic E-state index is 0. The summed E-state index contributed by atoms with van der Waals surface area (Å²) in [5, 5.41) is 5.74. The van der Waals surface area contributed by atoms with Crippen molar-refractivity contribution in [2.75, 3.05) is 11.9 Å². The summed E-state index contributed by atoms with van der Waals surface area (Å²) in [4.78, 5) is 24.0. The van der Waals surface area contributed by atoms with Crippen LogP contribution < -0.4 is 16.4 Å². The molecule has 4 N–H and O–H groups in total. The van der Waals surface area contributed by atoms with Crippen LogP contribution in [0.4, 0.5) is 5.69 Å². The fourth-order valence-corrected chi connectivity index (χ4v) is 2.50. The maximum absolute atomic E-state index is 12.1. The van der Waals surface area contributed by atoms with Gasteiger partial charge < -0.3 is 21.1 Å². The Hall–Kier alpha value is -1.63. The van der Waals surface area contributed by atoms with Crippen molar-refractivity contribution < 1.29 is 14.3 Å². The number of carbonyl (C=O) groups excluding carboxylic acids is 2. The van der Waals surface area contributed by atoms with Crippen LogP contribution in [-0.2, 0) is 9.53 Å². The second kappa shape index (κ2) is 7.77. The summed E-state index contributed by atoms with van der Waals surface area (Å²) in [6, 6.07) is 7.23. The van der Waals surface area contributed by atoms with Crippen LogP contribution in [0.25, 0.3) is 0 Å². The van der Waals surface area contributed by atoms with Crippen LogP contribution in [0.1, 0.15) is 36.0 Å². The van der Waals surface area contributed by atoms with Gasteiger partial charge in [-0.25, -0.2) is 0 Å². The number of nitrogens with two attached hydrogens (primary N) is 1. The lowest BCUT2D eigenvalue weighted by atomic mass is 10.1. The Bertz CT molecular complexity index is 560. The zero-order chi connectivity index (χ0) is 15.5. The first-order chi connectivity index (χ1) is 10.7. The van der Waals surface area contributed by atoms with Crippen LogP contribution in [0, 0.1) is 0 Å². The molecule has 0 radical (unpaired) electrons. The highest BCUT2D eigenvalue weighted by atomic mass is 35.5. The van der Waals surface area contributed by atoms with E-state index >= 15 is 0 Å². The molecule has 6 nitrogen and oxygen atoms in total. The summed E-state index contributed by atoms with van der Waals surface area (Å²) in [7, 11) is 0. The summed E-state index contributed by atoms with van der Waals surface area (Å²) in [5.41, 5.74) is 6.80. The number of amides is 2. The minimum atomic E-state index is -0.439. The molecular formula is C16H22ClN3O3. The minimum Gasteiger partial charge on any atom is -0.364 e. The highest BCUT2D eigenvalue weighted by Crippen LogP contribution is 2.21. The van der Waals surface area contributed by atoms with E-state index in [9.17, 15) is 9.59 Å². The molecule has 1 heterocycles. The number of benzene rings is 1. The maximum atomic E-state index is 12.1. The number of anilines is 1. The Labute approximate surface area is 141 Å². The Morgan fingerprint density at radius 3 is 2.39 bits per heavy atom. The van der Waals surface area contributed by atoms with Gasteiger partial charge in [0.15, 0.2) is 0 Å². The van der Waals surface area contributed by atoms with E-state index in [1.807, 2.05) is 0 Å². The molecule has 1 aromatic rings. The highest BCUT2D eigenvalue weighted by molar-refractivity contribution is 5.97. The first kappa shape index (κ1) is 17.7. The van der Waals surface area contributed by atoms with Crippen LogP contribution >= 0.6 is 12.4 Å². The molecule has 0 bridgehead atoms. The number of hydrogen-bond donors (Lipinski definition) is 3. The molecule has 2 amide bonds. The molecule has 2 aliphatic rings. The van der Waals surface area contributed by atoms with Crippen molar-refractivity contribution in [1.29, 1.82) is 0 Å². The summed E-state index contributed by atoms with van der Waals surface area (Å²) in [6.45, 7) is 0.439. The summed E-state index contributed by atoms with van der Waals surface area (Å²) < 4.78 is 5.56. The fraction of sp³-hybridized carbons (Fsp3) is 0.500. The van der Waals surface area contributed by atoms with E-state index in [0.717, 1.165) is 19.3 Å². The van der Waals surface area contributed by atoms with E-state index in [0.29, 0.717) is 30.3 Å². The van der Waals surface area contributed by atoms with Crippen molar-refractivity contribution in [1.82, 2.24) is 5.32 Å². The maximum Gasteiger partial charge on any atom is 0.253 e. The predicted octanol–water partition coefficient (Wildman–Crippen LogP) is 1.45. The molecule has 0 unspecified atom stereocenters. The van der Waals surface area contributed by atoms with Gasteiger partial charge in [0.25, 0.3) is 11.8 Å². The second-order valence-corrected chi connectivity index (χ2v) is 5.87. The zero-order valence-corrected chi connectivity index (χ0v) is 13.6. The lowest BCUT2D eigenvalue weighted by Gasteiger charge is -2.13. The smallest absolute Gasteiger partial charge is 0.253 e. The molecule has 0 aromatic heterocycles. The van der Waals surface area contributed by atoms with Gasteiger partial charge in [-0.1, -0.05) is 0 Å². The largest absolute Gasteiger partial charge is 0.364 e. The highest BCUT2D eigenvalue weighted by Gasteiger charge is 2.29. The summed E-state index contributed by atoms with van der Waals surface area (Å²) >= 11 is 0. The molecular weight excluding hydrogens is 318 g/mol. The average molecular weight is 340 g/mol. The third-order valence-corrected chi connectivity index (χ3v) is 3.99. The van der Waals surface area contributed by atoms with Gasteiger partial charge in [0, 0.05) is 23.8 Å². The van der Waals surface area contributed by atoms with Gasteiger partial charge in [0.2, 0.25) is 0 Å². The van der Waals surface area contributed by atoms with Crippen molar-refractivity contribution in [2.24, 2.45) is 5.73 Å². The first-order valence-corrected chi connectivity index (χ1v) is 7.73. The van der Waals surface area contributed by atoms with Crippen LogP contribution in [0.15, 0.2) is 24.3 Å². The van der Waals surface area contributed by atoms with E-state index < -0.39 is 6.10 Å². The monoisotopic (exact) mass is 339 g/mol. The number of halogens is 1. The molecule has 2 atom stereocenters. The van der Waals surface area contributed by atoms with Crippen LogP contribution in [0.3, 0.4) is 0 Å². The molecule has 1 saturated heterocycles. The Kier molecular flexibility index (Phi) is 5.98. The zero-order valence-electron chi connectivity index (χ0n) is 12.8. The van der Waals surface area contributed by atoms with Gasteiger partial charge in [-0.15, -0.1) is 12.4 Å². The lowest BCUT2D eigenvalue weighted by Crippen LogP contribution is -2.29. The summed E-state index contributed by atoms with van der Waals surface area (Å²) in [6.07, 6.45) is 3.16. The fourth-order valence-electron chi connectivity index (χ4n) is 2.50. The van der Waals surface area contributed by atoms with Gasteiger partial charge >= 0.3 is 0 Å². The number of nitrogens with one attached hydrogen (secondary N) is 2. The van der Waals surface area contributed by atoms with E-state index in [4.69, 9.17) is 10.5 Å². The Morgan fingerprint density at radius 2 is 1.83 bits per heavy atom. The predicted molar refractivity (Wildman–Crippen MR) is 89.8 cm³/mol. The molecule has 126 valence electrons. The van der Waals surface area contributed by atoms with Crippen LogP contribution in [0.5, 0.6) is 0 Å².